The maximum Gasteiger partial charge on any atom is 0.416 e. The van der Waals surface area contributed by atoms with E-state index in [9.17, 15) is 18.0 Å². The minimum Gasteiger partial charge on any atom is -0.492 e. The largest absolute Gasteiger partial charge is 0.492 e. The van der Waals surface area contributed by atoms with Crippen molar-refractivity contribution < 1.29 is 27.8 Å². The predicted molar refractivity (Wildman–Crippen MR) is 106 cm³/mol. The van der Waals surface area contributed by atoms with E-state index >= 15 is 0 Å². The molecule has 154 valence electrons. The first-order chi connectivity index (χ1) is 13.7. The number of aliphatic carboxylic acids is 1. The number of rotatable bonds is 8. The van der Waals surface area contributed by atoms with Crippen LogP contribution in [0.25, 0.3) is 5.57 Å². The molecular weight excluding hydrogens is 383 g/mol. The molecule has 2 rings (SSSR count). The van der Waals surface area contributed by atoms with Gasteiger partial charge in [-0.3, -0.25) is 0 Å². The molecule has 0 saturated heterocycles. The Morgan fingerprint density at radius 2 is 1.59 bits per heavy atom. The molecule has 7 heteroatoms. The number of carbonyl (C=O) groups is 1. The summed E-state index contributed by atoms with van der Waals surface area (Å²) >= 11 is 0. The van der Waals surface area contributed by atoms with Gasteiger partial charge in [0.1, 0.15) is 12.4 Å². The highest BCUT2D eigenvalue weighted by atomic mass is 19.4. The second-order valence-electron chi connectivity index (χ2n) is 6.53. The van der Waals surface area contributed by atoms with Gasteiger partial charge in [0.25, 0.3) is 0 Å². The van der Waals surface area contributed by atoms with E-state index in [4.69, 9.17) is 9.84 Å². The number of hydrogen-bond acceptors (Lipinski definition) is 3. The fraction of sp³-hybridized carbons (Fsp3) is 0.227. The van der Waals surface area contributed by atoms with Crippen molar-refractivity contribution in [3.63, 3.8) is 0 Å². The third-order valence-corrected chi connectivity index (χ3v) is 4.00. The Hall–Kier alpha value is -3.06. The molecule has 29 heavy (non-hydrogen) atoms. The number of allylic oxidation sites excluding steroid dienone is 2. The van der Waals surface area contributed by atoms with Crippen LogP contribution in [-0.4, -0.2) is 43.2 Å². The molecule has 0 atom stereocenters. The van der Waals surface area contributed by atoms with E-state index in [1.165, 1.54) is 18.2 Å². The van der Waals surface area contributed by atoms with E-state index < -0.39 is 17.7 Å². The third kappa shape index (κ3) is 7.12. The van der Waals surface area contributed by atoms with Crippen molar-refractivity contribution in [2.24, 2.45) is 0 Å². The molecule has 0 aliphatic carbocycles. The maximum absolute atomic E-state index is 12.8. The van der Waals surface area contributed by atoms with E-state index in [2.05, 4.69) is 0 Å². The van der Waals surface area contributed by atoms with Crippen LogP contribution in [-0.2, 0) is 11.0 Å². The van der Waals surface area contributed by atoms with Crippen LogP contribution in [0.2, 0.25) is 0 Å². The Labute approximate surface area is 167 Å². The standard InChI is InChI=1S/C22H22F3NO3/c1-26(2)14-15-29-19-12-8-17(9-13-19)20(4-3-5-21(27)28)16-6-10-18(11-7-16)22(23,24)25/h3-13H,14-15H2,1-2H3,(H,27,28)/b5-3+,20-4+. The second kappa shape index (κ2) is 9.93. The maximum atomic E-state index is 12.8. The van der Waals surface area contributed by atoms with Gasteiger partial charge in [-0.25, -0.2) is 4.79 Å². The summed E-state index contributed by atoms with van der Waals surface area (Å²) in [5.74, 6) is -0.443. The van der Waals surface area contributed by atoms with Crippen molar-refractivity contribution in [2.75, 3.05) is 27.2 Å². The molecule has 0 radical (unpaired) electrons. The average Bonchev–Trinajstić information content (AvgIpc) is 2.65. The molecule has 0 aromatic heterocycles. The van der Waals surface area contributed by atoms with Gasteiger partial charge in [0.2, 0.25) is 0 Å². The quantitative estimate of drug-likeness (QED) is 0.510. The molecule has 2 aromatic rings. The normalized spacial score (nSPS) is 12.6. The van der Waals surface area contributed by atoms with Gasteiger partial charge in [-0.1, -0.05) is 36.4 Å². The first kappa shape index (κ1) is 22.2. The van der Waals surface area contributed by atoms with E-state index in [0.717, 1.165) is 30.3 Å². The van der Waals surface area contributed by atoms with Crippen molar-refractivity contribution in [1.29, 1.82) is 0 Å². The summed E-state index contributed by atoms with van der Waals surface area (Å²) in [7, 11) is 3.89. The van der Waals surface area contributed by atoms with Crippen molar-refractivity contribution >= 4 is 11.5 Å². The Kier molecular flexibility index (Phi) is 7.61. The van der Waals surface area contributed by atoms with E-state index in [1.54, 1.807) is 30.3 Å². The summed E-state index contributed by atoms with van der Waals surface area (Å²) in [4.78, 5) is 12.7. The first-order valence-electron chi connectivity index (χ1n) is 8.83. The summed E-state index contributed by atoms with van der Waals surface area (Å²) in [5.41, 5.74) is 1.11. The number of halogens is 3. The number of hydrogen-bond donors (Lipinski definition) is 1. The molecule has 0 amide bonds. The zero-order valence-electron chi connectivity index (χ0n) is 16.1. The molecule has 1 N–H and O–H groups in total. The molecule has 0 unspecified atom stereocenters. The highest BCUT2D eigenvalue weighted by molar-refractivity contribution is 5.84. The highest BCUT2D eigenvalue weighted by Crippen LogP contribution is 2.32. The summed E-state index contributed by atoms with van der Waals surface area (Å²) in [5, 5.41) is 8.79. The number of alkyl halides is 3. The number of likely N-dealkylation sites (N-methyl/N-ethyl adjacent to an activating group) is 1. The lowest BCUT2D eigenvalue weighted by Gasteiger charge is -2.13. The summed E-state index contributed by atoms with van der Waals surface area (Å²) < 4.78 is 44.1. The van der Waals surface area contributed by atoms with E-state index in [0.29, 0.717) is 23.5 Å². The van der Waals surface area contributed by atoms with Crippen LogP contribution in [0.4, 0.5) is 13.2 Å². The van der Waals surface area contributed by atoms with Gasteiger partial charge in [-0.05, 0) is 55.1 Å². The lowest BCUT2D eigenvalue weighted by atomic mass is 9.96. The van der Waals surface area contributed by atoms with Gasteiger partial charge in [0.05, 0.1) is 5.56 Å². The molecule has 0 heterocycles. The summed E-state index contributed by atoms with van der Waals surface area (Å²) in [6.07, 6.45) is -0.560. The van der Waals surface area contributed by atoms with E-state index in [1.807, 2.05) is 19.0 Å². The molecule has 0 aliphatic rings. The highest BCUT2D eigenvalue weighted by Gasteiger charge is 2.30. The molecule has 0 spiro atoms. The zero-order chi connectivity index (χ0) is 21.4. The van der Waals surface area contributed by atoms with Crippen LogP contribution in [0, 0.1) is 0 Å². The van der Waals surface area contributed by atoms with Gasteiger partial charge < -0.3 is 14.7 Å². The molecule has 0 fully saturated rings. The van der Waals surface area contributed by atoms with Crippen LogP contribution >= 0.6 is 0 Å². The molecule has 0 aliphatic heterocycles. The molecular formula is C22H22F3NO3. The molecule has 4 nitrogen and oxygen atoms in total. The zero-order valence-corrected chi connectivity index (χ0v) is 16.1. The van der Waals surface area contributed by atoms with Gasteiger partial charge >= 0.3 is 12.1 Å². The van der Waals surface area contributed by atoms with Crippen LogP contribution in [0.5, 0.6) is 5.75 Å². The fourth-order valence-corrected chi connectivity index (χ4v) is 2.50. The number of carboxylic acid groups (broad SMARTS) is 1. The molecule has 0 saturated carbocycles. The smallest absolute Gasteiger partial charge is 0.416 e. The van der Waals surface area contributed by atoms with Gasteiger partial charge in [0, 0.05) is 12.6 Å². The van der Waals surface area contributed by atoms with Gasteiger partial charge in [0.15, 0.2) is 0 Å². The molecule has 2 aromatic carbocycles. The first-order valence-corrected chi connectivity index (χ1v) is 8.83. The van der Waals surface area contributed by atoms with Crippen LogP contribution in [0.15, 0.2) is 66.8 Å². The lowest BCUT2D eigenvalue weighted by Crippen LogP contribution is -2.19. The van der Waals surface area contributed by atoms with Crippen molar-refractivity contribution in [3.8, 4) is 5.75 Å². The van der Waals surface area contributed by atoms with Crippen molar-refractivity contribution in [3.05, 3.63) is 83.4 Å². The predicted octanol–water partition coefficient (Wildman–Crippen LogP) is 4.72. The van der Waals surface area contributed by atoms with Crippen LogP contribution in [0.1, 0.15) is 16.7 Å². The second-order valence-corrected chi connectivity index (χ2v) is 6.53. The number of benzene rings is 2. The third-order valence-electron chi connectivity index (χ3n) is 4.00. The van der Waals surface area contributed by atoms with Crippen molar-refractivity contribution in [2.45, 2.75) is 6.18 Å². The Balaban J connectivity index is 2.30. The Morgan fingerprint density at radius 1 is 1.03 bits per heavy atom. The van der Waals surface area contributed by atoms with Crippen LogP contribution < -0.4 is 4.74 Å². The fourth-order valence-electron chi connectivity index (χ4n) is 2.50. The van der Waals surface area contributed by atoms with Crippen LogP contribution in [0.3, 0.4) is 0 Å². The lowest BCUT2D eigenvalue weighted by molar-refractivity contribution is -0.137. The topological polar surface area (TPSA) is 49.8 Å². The average molecular weight is 405 g/mol. The minimum absolute atomic E-state index is 0.523. The summed E-state index contributed by atoms with van der Waals surface area (Å²) in [6, 6.07) is 11.8. The number of carboxylic acids is 1. The van der Waals surface area contributed by atoms with Crippen molar-refractivity contribution in [1.82, 2.24) is 4.90 Å². The number of nitrogens with zero attached hydrogens (tertiary/aromatic N) is 1. The number of ether oxygens (including phenoxy) is 1. The van der Waals surface area contributed by atoms with Gasteiger partial charge in [-0.2, -0.15) is 13.2 Å². The monoisotopic (exact) mass is 405 g/mol. The minimum atomic E-state index is -4.42. The molecule has 0 bridgehead atoms. The summed E-state index contributed by atoms with van der Waals surface area (Å²) in [6.45, 7) is 1.29. The van der Waals surface area contributed by atoms with Gasteiger partial charge in [-0.15, -0.1) is 0 Å². The SMILES string of the molecule is CN(C)CCOc1ccc(/C(=C/C=C/C(=O)O)c2ccc(C(F)(F)F)cc2)cc1. The Bertz CT molecular complexity index is 868. The van der Waals surface area contributed by atoms with E-state index in [-0.39, 0.29) is 0 Å². The Morgan fingerprint density at radius 3 is 2.07 bits per heavy atom.